The summed E-state index contributed by atoms with van der Waals surface area (Å²) in [5.41, 5.74) is 1.29. The summed E-state index contributed by atoms with van der Waals surface area (Å²) in [5.74, 6) is 3.15. The van der Waals surface area contributed by atoms with Crippen LogP contribution in [0.15, 0.2) is 47.7 Å². The highest BCUT2D eigenvalue weighted by Crippen LogP contribution is 2.21. The van der Waals surface area contributed by atoms with Crippen LogP contribution in [0.4, 0.5) is 5.95 Å². The Bertz CT molecular complexity index is 647. The first-order valence-electron chi connectivity index (χ1n) is 7.40. The second kappa shape index (κ2) is 7.82. The molecular weight excluding hydrogens is 310 g/mol. The van der Waals surface area contributed by atoms with Crippen LogP contribution < -0.4 is 15.4 Å². The number of guanidine groups is 1. The second-order valence-corrected chi connectivity index (χ2v) is 6.34. The van der Waals surface area contributed by atoms with Gasteiger partial charge in [-0.05, 0) is 23.8 Å². The van der Waals surface area contributed by atoms with Gasteiger partial charge in [0.2, 0.25) is 5.95 Å². The van der Waals surface area contributed by atoms with E-state index in [1.54, 1.807) is 25.6 Å². The van der Waals surface area contributed by atoms with E-state index < -0.39 is 0 Å². The third-order valence-electron chi connectivity index (χ3n) is 3.39. The summed E-state index contributed by atoms with van der Waals surface area (Å²) in [6, 6.07) is 9.98. The normalized spacial score (nSPS) is 17.1. The molecule has 1 aliphatic rings. The highest BCUT2D eigenvalue weighted by Gasteiger charge is 2.16. The average molecular weight is 329 g/mol. The zero-order chi connectivity index (χ0) is 15.9. The van der Waals surface area contributed by atoms with Crippen molar-refractivity contribution in [2.24, 2.45) is 4.99 Å². The predicted octanol–water partition coefficient (Wildman–Crippen LogP) is 2.16. The first kappa shape index (κ1) is 15.6. The van der Waals surface area contributed by atoms with Gasteiger partial charge in [0.1, 0.15) is 5.75 Å². The number of hydrogen-bond acceptors (Lipinski definition) is 7. The molecule has 0 bridgehead atoms. The Morgan fingerprint density at radius 3 is 2.70 bits per heavy atom. The number of aromatic nitrogens is 2. The van der Waals surface area contributed by atoms with E-state index in [0.717, 1.165) is 30.6 Å². The van der Waals surface area contributed by atoms with Crippen LogP contribution in [-0.4, -0.2) is 41.4 Å². The molecule has 0 saturated carbocycles. The highest BCUT2D eigenvalue weighted by atomic mass is 32.2. The van der Waals surface area contributed by atoms with Crippen LogP contribution in [0.25, 0.3) is 0 Å². The number of thioether (sulfide) groups is 1. The highest BCUT2D eigenvalue weighted by molar-refractivity contribution is 7.99. The zero-order valence-electron chi connectivity index (χ0n) is 12.9. The van der Waals surface area contributed by atoms with E-state index in [1.807, 2.05) is 23.9 Å². The minimum atomic E-state index is 0.458. The van der Waals surface area contributed by atoms with E-state index >= 15 is 0 Å². The minimum absolute atomic E-state index is 0.458. The number of aliphatic imine (C=N–C) groups is 1. The number of ether oxygens (including phenoxy) is 1. The molecule has 0 aliphatic carbocycles. The Balaban J connectivity index is 1.46. The van der Waals surface area contributed by atoms with Crippen LogP contribution in [-0.2, 0) is 5.75 Å². The molecule has 7 heteroatoms. The largest absolute Gasteiger partial charge is 0.497 e. The lowest BCUT2D eigenvalue weighted by Gasteiger charge is -2.22. The summed E-state index contributed by atoms with van der Waals surface area (Å²) in [7, 11) is 1.68. The molecule has 3 rings (SSSR count). The van der Waals surface area contributed by atoms with Crippen LogP contribution in [0.5, 0.6) is 5.75 Å². The van der Waals surface area contributed by atoms with Crippen LogP contribution in [0.1, 0.15) is 5.56 Å². The first-order valence-corrected chi connectivity index (χ1v) is 8.45. The molecule has 1 aromatic carbocycles. The van der Waals surface area contributed by atoms with E-state index in [4.69, 9.17) is 4.74 Å². The molecule has 0 fully saturated rings. The van der Waals surface area contributed by atoms with Crippen molar-refractivity contribution in [1.29, 1.82) is 0 Å². The van der Waals surface area contributed by atoms with Crippen molar-refractivity contribution in [3.05, 3.63) is 48.3 Å². The molecule has 23 heavy (non-hydrogen) atoms. The van der Waals surface area contributed by atoms with Crippen LogP contribution >= 0.6 is 11.8 Å². The molecule has 0 amide bonds. The molecule has 1 aliphatic heterocycles. The molecule has 120 valence electrons. The van der Waals surface area contributed by atoms with Gasteiger partial charge in [0.05, 0.1) is 13.7 Å². The van der Waals surface area contributed by atoms with Gasteiger partial charge in [-0.1, -0.05) is 12.1 Å². The van der Waals surface area contributed by atoms with Gasteiger partial charge < -0.3 is 10.1 Å². The lowest BCUT2D eigenvalue weighted by Crippen LogP contribution is -2.41. The Morgan fingerprint density at radius 2 is 2.04 bits per heavy atom. The lowest BCUT2D eigenvalue weighted by atomic mass is 10.2. The number of benzene rings is 1. The Kier molecular flexibility index (Phi) is 5.31. The number of anilines is 1. The first-order chi connectivity index (χ1) is 11.3. The van der Waals surface area contributed by atoms with Gasteiger partial charge in [-0.15, -0.1) is 11.8 Å². The molecule has 2 aromatic rings. The summed E-state index contributed by atoms with van der Waals surface area (Å²) in [4.78, 5) is 12.8. The average Bonchev–Trinajstić information content (AvgIpc) is 2.62. The van der Waals surface area contributed by atoms with E-state index in [0.29, 0.717) is 11.2 Å². The van der Waals surface area contributed by atoms with Crippen molar-refractivity contribution in [1.82, 2.24) is 15.3 Å². The summed E-state index contributed by atoms with van der Waals surface area (Å²) in [6.45, 7) is 1.66. The van der Waals surface area contributed by atoms with Gasteiger partial charge in [0, 0.05) is 29.9 Å². The SMILES string of the molecule is COc1ccc(CSC2CN=C(Nc3ncccn3)NC2)cc1. The van der Waals surface area contributed by atoms with Gasteiger partial charge in [0.25, 0.3) is 0 Å². The van der Waals surface area contributed by atoms with E-state index in [9.17, 15) is 0 Å². The topological polar surface area (TPSA) is 71.4 Å². The Labute approximate surface area is 139 Å². The summed E-state index contributed by atoms with van der Waals surface area (Å²) < 4.78 is 5.17. The molecule has 2 heterocycles. The molecule has 0 spiro atoms. The molecule has 1 atom stereocenters. The smallest absolute Gasteiger partial charge is 0.229 e. The molecule has 2 N–H and O–H groups in total. The molecule has 0 radical (unpaired) electrons. The number of nitrogens with one attached hydrogen (secondary N) is 2. The van der Waals surface area contributed by atoms with Crippen molar-refractivity contribution in [3.8, 4) is 5.75 Å². The maximum Gasteiger partial charge on any atom is 0.229 e. The Hall–Kier alpha value is -2.28. The molecular formula is C16H19N5OS. The third kappa shape index (κ3) is 4.59. The zero-order valence-corrected chi connectivity index (χ0v) is 13.7. The fourth-order valence-electron chi connectivity index (χ4n) is 2.12. The standard InChI is InChI=1S/C16H19N5OS/c1-22-13-5-3-12(4-6-13)11-23-14-9-19-16(20-10-14)21-15-17-7-2-8-18-15/h2-8,14H,9-11H2,1H3,(H2,17,18,19,20,21). The van der Waals surface area contributed by atoms with Gasteiger partial charge in [-0.3, -0.25) is 10.3 Å². The number of methoxy groups -OCH3 is 1. The molecule has 6 nitrogen and oxygen atoms in total. The van der Waals surface area contributed by atoms with Gasteiger partial charge in [-0.2, -0.15) is 0 Å². The number of rotatable bonds is 5. The predicted molar refractivity (Wildman–Crippen MR) is 94.0 cm³/mol. The lowest BCUT2D eigenvalue weighted by molar-refractivity contribution is 0.414. The number of nitrogens with zero attached hydrogens (tertiary/aromatic N) is 3. The molecule has 0 saturated heterocycles. The molecule has 1 aromatic heterocycles. The van der Waals surface area contributed by atoms with E-state index in [2.05, 4.69) is 37.7 Å². The monoisotopic (exact) mass is 329 g/mol. The van der Waals surface area contributed by atoms with Crippen LogP contribution in [0.2, 0.25) is 0 Å². The van der Waals surface area contributed by atoms with Crippen molar-refractivity contribution in [3.63, 3.8) is 0 Å². The summed E-state index contributed by atoms with van der Waals surface area (Å²) in [5, 5.41) is 6.83. The van der Waals surface area contributed by atoms with Gasteiger partial charge in [-0.25, -0.2) is 9.97 Å². The number of hydrogen-bond donors (Lipinski definition) is 2. The van der Waals surface area contributed by atoms with Crippen molar-refractivity contribution < 1.29 is 4.74 Å². The second-order valence-electron chi connectivity index (χ2n) is 5.05. The van der Waals surface area contributed by atoms with Crippen LogP contribution in [0.3, 0.4) is 0 Å². The van der Waals surface area contributed by atoms with E-state index in [1.165, 1.54) is 5.56 Å². The fourth-order valence-corrected chi connectivity index (χ4v) is 3.13. The van der Waals surface area contributed by atoms with E-state index in [-0.39, 0.29) is 0 Å². The minimum Gasteiger partial charge on any atom is -0.497 e. The van der Waals surface area contributed by atoms with Crippen molar-refractivity contribution in [2.45, 2.75) is 11.0 Å². The quantitative estimate of drug-likeness (QED) is 0.876. The van der Waals surface area contributed by atoms with Gasteiger partial charge >= 0.3 is 0 Å². The summed E-state index contributed by atoms with van der Waals surface area (Å²) in [6.07, 6.45) is 3.40. The summed E-state index contributed by atoms with van der Waals surface area (Å²) >= 11 is 1.90. The Morgan fingerprint density at radius 1 is 1.26 bits per heavy atom. The fraction of sp³-hybridized carbons (Fsp3) is 0.312. The maximum absolute atomic E-state index is 5.17. The third-order valence-corrected chi connectivity index (χ3v) is 4.68. The maximum atomic E-state index is 5.17. The molecule has 1 unspecified atom stereocenters. The van der Waals surface area contributed by atoms with Crippen molar-refractivity contribution in [2.75, 3.05) is 25.5 Å². The van der Waals surface area contributed by atoms with Gasteiger partial charge in [0.15, 0.2) is 5.96 Å². The van der Waals surface area contributed by atoms with Crippen molar-refractivity contribution >= 4 is 23.7 Å². The van der Waals surface area contributed by atoms with Crippen LogP contribution in [0, 0.1) is 0 Å².